The number of carbonyl (C=O) groups excluding carboxylic acids is 1. The molecule has 2 rings (SSSR count). The van der Waals surface area contributed by atoms with Crippen LogP contribution in [0.25, 0.3) is 0 Å². The molecule has 0 N–H and O–H groups in total. The van der Waals surface area contributed by atoms with E-state index in [1.807, 2.05) is 24.3 Å². The number of rotatable bonds is 3. The minimum Gasteiger partial charge on any atom is -0.311 e. The smallest absolute Gasteiger partial charge is 0.259 e. The van der Waals surface area contributed by atoms with Gasteiger partial charge in [-0.05, 0) is 30.2 Å². The standard InChI is InChI=1S/C15H14Cl2N2O/c1-3-10-4-6-11(7-5-10)19(2)15(20)12-8-14(17)18-9-13(12)16/h4-9H,3H2,1-2H3. The van der Waals surface area contributed by atoms with Crippen molar-refractivity contribution in [2.45, 2.75) is 13.3 Å². The van der Waals surface area contributed by atoms with Crippen LogP contribution in [0.4, 0.5) is 5.69 Å². The number of anilines is 1. The summed E-state index contributed by atoms with van der Waals surface area (Å²) in [6, 6.07) is 9.30. The molecule has 104 valence electrons. The Balaban J connectivity index is 2.29. The number of aryl methyl sites for hydroxylation is 1. The van der Waals surface area contributed by atoms with Gasteiger partial charge >= 0.3 is 0 Å². The van der Waals surface area contributed by atoms with E-state index < -0.39 is 0 Å². The summed E-state index contributed by atoms with van der Waals surface area (Å²) in [5, 5.41) is 0.531. The Morgan fingerprint density at radius 3 is 2.50 bits per heavy atom. The molecule has 3 nitrogen and oxygen atoms in total. The maximum Gasteiger partial charge on any atom is 0.259 e. The van der Waals surface area contributed by atoms with Gasteiger partial charge in [-0.25, -0.2) is 4.98 Å². The summed E-state index contributed by atoms with van der Waals surface area (Å²) in [6.07, 6.45) is 2.34. The van der Waals surface area contributed by atoms with Crippen LogP contribution in [0, 0.1) is 0 Å². The molecule has 0 bridgehead atoms. The van der Waals surface area contributed by atoms with Crippen LogP contribution in [0.2, 0.25) is 10.2 Å². The van der Waals surface area contributed by atoms with E-state index in [0.717, 1.165) is 12.1 Å². The second kappa shape index (κ2) is 6.25. The lowest BCUT2D eigenvalue weighted by atomic mass is 10.1. The Hall–Kier alpha value is -1.58. The third-order valence-electron chi connectivity index (χ3n) is 3.09. The van der Waals surface area contributed by atoms with E-state index in [1.54, 1.807) is 7.05 Å². The van der Waals surface area contributed by atoms with Crippen molar-refractivity contribution in [3.63, 3.8) is 0 Å². The van der Waals surface area contributed by atoms with Gasteiger partial charge in [-0.3, -0.25) is 4.79 Å². The third-order valence-corrected chi connectivity index (χ3v) is 3.60. The molecule has 1 heterocycles. The number of hydrogen-bond donors (Lipinski definition) is 0. The van der Waals surface area contributed by atoms with Crippen LogP contribution in [-0.4, -0.2) is 17.9 Å². The molecule has 1 aromatic carbocycles. The number of hydrogen-bond acceptors (Lipinski definition) is 2. The van der Waals surface area contributed by atoms with Crippen molar-refractivity contribution in [3.8, 4) is 0 Å². The number of aromatic nitrogens is 1. The molecular weight excluding hydrogens is 295 g/mol. The number of nitrogens with zero attached hydrogens (tertiary/aromatic N) is 2. The Labute approximate surface area is 128 Å². The largest absolute Gasteiger partial charge is 0.311 e. The lowest BCUT2D eigenvalue weighted by molar-refractivity contribution is 0.0993. The van der Waals surface area contributed by atoms with Crippen molar-refractivity contribution in [3.05, 3.63) is 57.8 Å². The molecule has 1 amide bonds. The van der Waals surface area contributed by atoms with E-state index in [2.05, 4.69) is 11.9 Å². The molecule has 0 atom stereocenters. The van der Waals surface area contributed by atoms with E-state index >= 15 is 0 Å². The zero-order valence-corrected chi connectivity index (χ0v) is 12.7. The first-order chi connectivity index (χ1) is 9.52. The quantitative estimate of drug-likeness (QED) is 0.795. The SMILES string of the molecule is CCc1ccc(N(C)C(=O)c2cc(Cl)ncc2Cl)cc1. The number of amides is 1. The van der Waals surface area contributed by atoms with Gasteiger partial charge in [0.15, 0.2) is 0 Å². The predicted molar refractivity (Wildman–Crippen MR) is 82.8 cm³/mol. The zero-order chi connectivity index (χ0) is 14.7. The van der Waals surface area contributed by atoms with Crippen LogP contribution in [0.1, 0.15) is 22.8 Å². The highest BCUT2D eigenvalue weighted by atomic mass is 35.5. The fraction of sp³-hybridized carbons (Fsp3) is 0.200. The number of carbonyl (C=O) groups is 1. The average molecular weight is 309 g/mol. The molecule has 0 unspecified atom stereocenters. The first-order valence-electron chi connectivity index (χ1n) is 6.21. The zero-order valence-electron chi connectivity index (χ0n) is 11.2. The summed E-state index contributed by atoms with van der Waals surface area (Å²) in [7, 11) is 1.70. The summed E-state index contributed by atoms with van der Waals surface area (Å²) >= 11 is 11.8. The second-order valence-electron chi connectivity index (χ2n) is 4.37. The molecule has 0 radical (unpaired) electrons. The maximum atomic E-state index is 12.4. The molecule has 0 aliphatic heterocycles. The molecule has 1 aromatic heterocycles. The molecule has 5 heteroatoms. The fourth-order valence-corrected chi connectivity index (χ4v) is 2.17. The summed E-state index contributed by atoms with van der Waals surface area (Å²) in [4.78, 5) is 17.8. The molecule has 0 spiro atoms. The molecule has 0 saturated carbocycles. The Bertz CT molecular complexity index is 626. The minimum atomic E-state index is -0.219. The molecule has 0 aliphatic rings. The highest BCUT2D eigenvalue weighted by Crippen LogP contribution is 2.22. The fourth-order valence-electron chi connectivity index (χ4n) is 1.83. The van der Waals surface area contributed by atoms with Crippen molar-refractivity contribution in [2.24, 2.45) is 0 Å². The van der Waals surface area contributed by atoms with Crippen molar-refractivity contribution in [2.75, 3.05) is 11.9 Å². The lowest BCUT2D eigenvalue weighted by Gasteiger charge is -2.18. The van der Waals surface area contributed by atoms with E-state index in [9.17, 15) is 4.79 Å². The molecule has 0 fully saturated rings. The first-order valence-corrected chi connectivity index (χ1v) is 6.96. The van der Waals surface area contributed by atoms with Gasteiger partial charge in [0.25, 0.3) is 5.91 Å². The van der Waals surface area contributed by atoms with Crippen molar-refractivity contribution in [1.82, 2.24) is 4.98 Å². The third kappa shape index (κ3) is 3.11. The molecule has 0 aliphatic carbocycles. The van der Waals surface area contributed by atoms with Gasteiger partial charge in [0.1, 0.15) is 5.15 Å². The Morgan fingerprint density at radius 1 is 1.25 bits per heavy atom. The summed E-state index contributed by atoms with van der Waals surface area (Å²) in [5.41, 5.74) is 2.37. The van der Waals surface area contributed by atoms with E-state index in [0.29, 0.717) is 5.56 Å². The average Bonchev–Trinajstić information content (AvgIpc) is 2.48. The van der Waals surface area contributed by atoms with Crippen LogP contribution < -0.4 is 4.90 Å². The normalized spacial score (nSPS) is 10.4. The molecule has 20 heavy (non-hydrogen) atoms. The van der Waals surface area contributed by atoms with Crippen LogP contribution in [0.15, 0.2) is 36.5 Å². The maximum absolute atomic E-state index is 12.4. The van der Waals surface area contributed by atoms with Crippen molar-refractivity contribution >= 4 is 34.8 Å². The van der Waals surface area contributed by atoms with Gasteiger partial charge in [0.2, 0.25) is 0 Å². The summed E-state index contributed by atoms with van der Waals surface area (Å²) in [6.45, 7) is 2.09. The van der Waals surface area contributed by atoms with E-state index in [1.165, 1.54) is 22.7 Å². The molecular formula is C15H14Cl2N2O. The predicted octanol–water partition coefficient (Wildman–Crippen LogP) is 4.23. The number of halogens is 2. The molecule has 0 saturated heterocycles. The number of benzene rings is 1. The summed E-state index contributed by atoms with van der Waals surface area (Å²) < 4.78 is 0. The van der Waals surface area contributed by atoms with Crippen LogP contribution in [0.5, 0.6) is 0 Å². The van der Waals surface area contributed by atoms with Gasteiger partial charge in [-0.15, -0.1) is 0 Å². The summed E-state index contributed by atoms with van der Waals surface area (Å²) in [5.74, 6) is -0.219. The minimum absolute atomic E-state index is 0.219. The van der Waals surface area contributed by atoms with E-state index in [-0.39, 0.29) is 16.1 Å². The highest BCUT2D eigenvalue weighted by Gasteiger charge is 2.17. The first kappa shape index (κ1) is 14.8. The van der Waals surface area contributed by atoms with Gasteiger partial charge in [-0.1, -0.05) is 42.3 Å². The van der Waals surface area contributed by atoms with Crippen molar-refractivity contribution < 1.29 is 4.79 Å². The van der Waals surface area contributed by atoms with Gasteiger partial charge < -0.3 is 4.90 Å². The van der Waals surface area contributed by atoms with Crippen molar-refractivity contribution in [1.29, 1.82) is 0 Å². The second-order valence-corrected chi connectivity index (χ2v) is 5.17. The van der Waals surface area contributed by atoms with Crippen LogP contribution in [0.3, 0.4) is 0 Å². The Morgan fingerprint density at radius 2 is 1.90 bits per heavy atom. The monoisotopic (exact) mass is 308 g/mol. The van der Waals surface area contributed by atoms with Gasteiger partial charge in [0.05, 0.1) is 10.6 Å². The Kier molecular flexibility index (Phi) is 4.63. The van der Waals surface area contributed by atoms with E-state index in [4.69, 9.17) is 23.2 Å². The topological polar surface area (TPSA) is 33.2 Å². The molecule has 2 aromatic rings. The highest BCUT2D eigenvalue weighted by molar-refractivity contribution is 6.35. The van der Waals surface area contributed by atoms with Gasteiger partial charge in [-0.2, -0.15) is 0 Å². The van der Waals surface area contributed by atoms with Gasteiger partial charge in [0, 0.05) is 18.9 Å². The number of pyridine rings is 1. The lowest BCUT2D eigenvalue weighted by Crippen LogP contribution is -2.26. The van der Waals surface area contributed by atoms with Crippen LogP contribution in [-0.2, 0) is 6.42 Å². The van der Waals surface area contributed by atoms with Crippen LogP contribution >= 0.6 is 23.2 Å².